The molecule has 0 aliphatic rings. The number of nitrogens with one attached hydrogen (secondary N) is 1. The minimum absolute atomic E-state index is 0.0841. The van der Waals surface area contributed by atoms with Crippen molar-refractivity contribution >= 4 is 18.4 Å². The highest BCUT2D eigenvalue weighted by molar-refractivity contribution is 7.71. The monoisotopic (exact) mass is 370 g/mol. The summed E-state index contributed by atoms with van der Waals surface area (Å²) in [7, 11) is 0. The summed E-state index contributed by atoms with van der Waals surface area (Å²) in [5, 5.41) is 21.0. The molecule has 0 spiro atoms. The van der Waals surface area contributed by atoms with E-state index in [1.165, 1.54) is 4.68 Å². The maximum Gasteiger partial charge on any atom is 0.216 e. The van der Waals surface area contributed by atoms with Gasteiger partial charge in [-0.3, -0.25) is 0 Å². The number of nitrogens with zero attached hydrogens (tertiary/aromatic N) is 3. The van der Waals surface area contributed by atoms with Crippen molar-refractivity contribution in [3.05, 3.63) is 64.7 Å². The van der Waals surface area contributed by atoms with Gasteiger partial charge in [0.2, 0.25) is 4.77 Å². The Hall–Kier alpha value is -3.13. The lowest BCUT2D eigenvalue weighted by Gasteiger charge is -2.06. The van der Waals surface area contributed by atoms with Gasteiger partial charge in [0, 0.05) is 0 Å². The van der Waals surface area contributed by atoms with Gasteiger partial charge in [0.05, 0.1) is 12.8 Å². The van der Waals surface area contributed by atoms with E-state index in [1.54, 1.807) is 24.4 Å². The number of H-pyrrole nitrogens is 1. The molecule has 134 valence electrons. The Morgan fingerprint density at radius 1 is 1.23 bits per heavy atom. The van der Waals surface area contributed by atoms with Crippen LogP contribution < -0.4 is 9.47 Å². The van der Waals surface area contributed by atoms with Gasteiger partial charge in [0.25, 0.3) is 0 Å². The number of ether oxygens (including phenoxy) is 2. The molecule has 7 nitrogen and oxygen atoms in total. The van der Waals surface area contributed by atoms with Crippen molar-refractivity contribution < 1.29 is 14.6 Å². The molecule has 2 aromatic carbocycles. The average molecular weight is 370 g/mol. The lowest BCUT2D eigenvalue weighted by molar-refractivity contribution is 0.290. The Kier molecular flexibility index (Phi) is 5.65. The molecule has 0 atom stereocenters. The largest absolute Gasteiger partial charge is 0.504 e. The van der Waals surface area contributed by atoms with Crippen molar-refractivity contribution in [2.45, 2.75) is 13.5 Å². The molecular formula is C18H18N4O3S. The molecule has 0 radical (unpaired) electrons. The summed E-state index contributed by atoms with van der Waals surface area (Å²) < 4.78 is 12.9. The van der Waals surface area contributed by atoms with Crippen LogP contribution in [0.5, 0.6) is 17.2 Å². The molecule has 8 heteroatoms. The maximum atomic E-state index is 9.76. The van der Waals surface area contributed by atoms with Crippen LogP contribution in [0.2, 0.25) is 0 Å². The molecule has 0 amide bonds. The zero-order chi connectivity index (χ0) is 18.4. The summed E-state index contributed by atoms with van der Waals surface area (Å²) >= 11 is 5.22. The van der Waals surface area contributed by atoms with Crippen molar-refractivity contribution in [1.29, 1.82) is 0 Å². The number of aromatic nitrogens is 3. The smallest absolute Gasteiger partial charge is 0.216 e. The third kappa shape index (κ3) is 4.28. The molecule has 0 bridgehead atoms. The molecule has 0 saturated heterocycles. The molecule has 26 heavy (non-hydrogen) atoms. The first-order valence-corrected chi connectivity index (χ1v) is 8.42. The quantitative estimate of drug-likeness (QED) is 0.491. The average Bonchev–Trinajstić information content (AvgIpc) is 3.01. The van der Waals surface area contributed by atoms with E-state index in [0.29, 0.717) is 23.0 Å². The van der Waals surface area contributed by atoms with Crippen molar-refractivity contribution in [3.8, 4) is 17.2 Å². The molecule has 1 aromatic heterocycles. The summed E-state index contributed by atoms with van der Waals surface area (Å²) in [6.07, 6.45) is 1.61. The predicted molar refractivity (Wildman–Crippen MR) is 100 cm³/mol. The van der Waals surface area contributed by atoms with E-state index in [9.17, 15) is 5.11 Å². The van der Waals surface area contributed by atoms with E-state index in [0.717, 1.165) is 11.3 Å². The van der Waals surface area contributed by atoms with Gasteiger partial charge in [-0.25, -0.2) is 5.10 Å². The fraction of sp³-hybridized carbons (Fsp3) is 0.167. The van der Waals surface area contributed by atoms with Crippen LogP contribution in [0.25, 0.3) is 0 Å². The number of rotatable bonds is 7. The molecule has 0 aliphatic heterocycles. The first-order chi connectivity index (χ1) is 12.7. The first kappa shape index (κ1) is 17.7. The highest BCUT2D eigenvalue weighted by atomic mass is 32.1. The van der Waals surface area contributed by atoms with Crippen LogP contribution in [0.15, 0.2) is 53.6 Å². The van der Waals surface area contributed by atoms with E-state index in [1.807, 2.05) is 37.3 Å². The summed E-state index contributed by atoms with van der Waals surface area (Å²) in [4.78, 5) is 0. The van der Waals surface area contributed by atoms with E-state index in [4.69, 9.17) is 21.7 Å². The van der Waals surface area contributed by atoms with Crippen molar-refractivity contribution in [3.63, 3.8) is 0 Å². The molecule has 3 aromatic rings. The number of phenolic OH excluding ortho intramolecular Hbond substituents is 1. The number of para-hydroxylation sites is 1. The zero-order valence-electron chi connectivity index (χ0n) is 14.1. The number of phenols is 1. The number of benzene rings is 2. The van der Waals surface area contributed by atoms with Gasteiger partial charge in [-0.1, -0.05) is 18.2 Å². The third-order valence-corrected chi connectivity index (χ3v) is 3.70. The highest BCUT2D eigenvalue weighted by Gasteiger charge is 2.07. The van der Waals surface area contributed by atoms with Gasteiger partial charge in [-0.05, 0) is 55.0 Å². The summed E-state index contributed by atoms with van der Waals surface area (Å²) in [6, 6.07) is 14.4. The zero-order valence-corrected chi connectivity index (χ0v) is 14.9. The number of aromatic hydroxyl groups is 1. The molecule has 0 saturated carbocycles. The van der Waals surface area contributed by atoms with E-state index in [2.05, 4.69) is 15.3 Å². The maximum absolute atomic E-state index is 9.76. The number of hydrogen-bond donors (Lipinski definition) is 2. The normalized spacial score (nSPS) is 11.0. The summed E-state index contributed by atoms with van der Waals surface area (Å²) in [5.41, 5.74) is 0.754. The van der Waals surface area contributed by atoms with Gasteiger partial charge < -0.3 is 14.6 Å². The molecule has 2 N–H and O–H groups in total. The van der Waals surface area contributed by atoms with Crippen LogP contribution in [0.3, 0.4) is 0 Å². The third-order valence-electron chi connectivity index (χ3n) is 3.43. The van der Waals surface area contributed by atoms with Crippen LogP contribution in [0.4, 0.5) is 0 Å². The molecule has 0 unspecified atom stereocenters. The Morgan fingerprint density at radius 2 is 2.04 bits per heavy atom. The van der Waals surface area contributed by atoms with Gasteiger partial charge in [0.1, 0.15) is 12.4 Å². The van der Waals surface area contributed by atoms with Crippen LogP contribution in [0, 0.1) is 4.77 Å². The highest BCUT2D eigenvalue weighted by Crippen LogP contribution is 2.26. The van der Waals surface area contributed by atoms with Gasteiger partial charge in [0.15, 0.2) is 17.3 Å². The predicted octanol–water partition coefficient (Wildman–Crippen LogP) is 3.51. The minimum Gasteiger partial charge on any atom is -0.504 e. The second kappa shape index (κ2) is 8.30. The number of hydrogen-bond acceptors (Lipinski definition) is 6. The number of aromatic amines is 1. The van der Waals surface area contributed by atoms with Gasteiger partial charge in [-0.15, -0.1) is 0 Å². The SMILES string of the molecule is CCOc1cc(/C=N\n2c(COc3ccccc3)n[nH]c2=S)ccc1O. The lowest BCUT2D eigenvalue weighted by atomic mass is 10.2. The van der Waals surface area contributed by atoms with Crippen LogP contribution in [0.1, 0.15) is 18.3 Å². The van der Waals surface area contributed by atoms with Gasteiger partial charge in [-0.2, -0.15) is 14.9 Å². The van der Waals surface area contributed by atoms with Crippen molar-refractivity contribution in [2.75, 3.05) is 6.61 Å². The Morgan fingerprint density at radius 3 is 2.81 bits per heavy atom. The Balaban J connectivity index is 1.77. The minimum atomic E-state index is 0.0841. The molecule has 0 fully saturated rings. The summed E-state index contributed by atoms with van der Waals surface area (Å²) in [5.74, 6) is 1.76. The fourth-order valence-electron chi connectivity index (χ4n) is 2.21. The fourth-order valence-corrected chi connectivity index (χ4v) is 2.41. The van der Waals surface area contributed by atoms with Gasteiger partial charge >= 0.3 is 0 Å². The molecule has 0 aliphatic carbocycles. The van der Waals surface area contributed by atoms with Crippen LogP contribution in [-0.2, 0) is 6.61 Å². The standard InChI is InChI=1S/C18H18N4O3S/c1-2-24-16-10-13(8-9-15(16)23)11-19-22-17(20-21-18(22)26)12-25-14-6-4-3-5-7-14/h3-11,23H,2,12H2,1H3,(H,21,26)/b19-11-. The second-order valence-electron chi connectivity index (χ2n) is 5.26. The van der Waals surface area contributed by atoms with E-state index >= 15 is 0 Å². The lowest BCUT2D eigenvalue weighted by Crippen LogP contribution is -2.04. The van der Waals surface area contributed by atoms with Crippen LogP contribution in [-0.4, -0.2) is 32.8 Å². The van der Waals surface area contributed by atoms with Crippen molar-refractivity contribution in [1.82, 2.24) is 14.9 Å². The van der Waals surface area contributed by atoms with Crippen molar-refractivity contribution in [2.24, 2.45) is 5.10 Å². The molecule has 1 heterocycles. The molecular weight excluding hydrogens is 352 g/mol. The van der Waals surface area contributed by atoms with E-state index in [-0.39, 0.29) is 12.4 Å². The Labute approximate surface area is 155 Å². The van der Waals surface area contributed by atoms with Crippen LogP contribution >= 0.6 is 12.2 Å². The topological polar surface area (TPSA) is 84.7 Å². The Bertz CT molecular complexity index is 951. The second-order valence-corrected chi connectivity index (χ2v) is 5.65. The first-order valence-electron chi connectivity index (χ1n) is 8.01. The van der Waals surface area contributed by atoms with E-state index < -0.39 is 0 Å². The molecule has 3 rings (SSSR count). The summed E-state index contributed by atoms with van der Waals surface area (Å²) in [6.45, 7) is 2.53.